The van der Waals surface area contributed by atoms with Gasteiger partial charge in [0.2, 0.25) is 0 Å². The molecule has 17 heavy (non-hydrogen) atoms. The summed E-state index contributed by atoms with van der Waals surface area (Å²) < 4.78 is 1.69. The van der Waals surface area contributed by atoms with Crippen LogP contribution < -0.4 is 5.56 Å². The molecule has 2 aromatic rings. The van der Waals surface area contributed by atoms with Crippen molar-refractivity contribution < 1.29 is 0 Å². The average molecular weight is 228 g/mol. The predicted molar refractivity (Wildman–Crippen MR) is 67.9 cm³/mol. The topological polar surface area (TPSA) is 37.8 Å². The molecule has 0 fully saturated rings. The summed E-state index contributed by atoms with van der Waals surface area (Å²) in [6.45, 7) is 4.11. The van der Waals surface area contributed by atoms with E-state index in [0.29, 0.717) is 0 Å². The van der Waals surface area contributed by atoms with Crippen LogP contribution in [0, 0.1) is 13.8 Å². The minimum absolute atomic E-state index is 0.129. The largest absolute Gasteiger partial charge is 0.295 e. The van der Waals surface area contributed by atoms with Crippen molar-refractivity contribution in [3.8, 4) is 5.69 Å². The van der Waals surface area contributed by atoms with E-state index in [1.807, 2.05) is 19.1 Å². The number of aromatic amines is 1. The molecule has 1 aliphatic carbocycles. The van der Waals surface area contributed by atoms with Gasteiger partial charge in [-0.1, -0.05) is 17.7 Å². The number of hydrogen-bond acceptors (Lipinski definition) is 1. The Bertz CT molecular complexity index is 634. The van der Waals surface area contributed by atoms with Gasteiger partial charge in [0.25, 0.3) is 5.56 Å². The van der Waals surface area contributed by atoms with Gasteiger partial charge in [0, 0.05) is 11.3 Å². The molecule has 0 aliphatic heterocycles. The number of nitrogens with one attached hydrogen (secondary N) is 1. The Kier molecular flexibility index (Phi) is 2.21. The summed E-state index contributed by atoms with van der Waals surface area (Å²) in [5, 5.41) is 3.24. The Balaban J connectivity index is 2.19. The number of benzene rings is 1. The Hall–Kier alpha value is -1.77. The Morgan fingerprint density at radius 3 is 2.76 bits per heavy atom. The highest BCUT2D eigenvalue weighted by molar-refractivity contribution is 5.43. The molecule has 0 bridgehead atoms. The lowest BCUT2D eigenvalue weighted by molar-refractivity contribution is 0.776. The molecule has 0 radical (unpaired) electrons. The second-order valence-electron chi connectivity index (χ2n) is 4.85. The number of H-pyrrole nitrogens is 1. The summed E-state index contributed by atoms with van der Waals surface area (Å²) in [4.78, 5) is 12.2. The molecule has 1 N–H and O–H groups in total. The van der Waals surface area contributed by atoms with Crippen molar-refractivity contribution >= 4 is 0 Å². The molecule has 0 saturated carbocycles. The number of rotatable bonds is 1. The van der Waals surface area contributed by atoms with Gasteiger partial charge in [0.15, 0.2) is 0 Å². The minimum atomic E-state index is 0.129. The van der Waals surface area contributed by atoms with Crippen molar-refractivity contribution in [3.63, 3.8) is 0 Å². The zero-order valence-electron chi connectivity index (χ0n) is 10.2. The molecule has 0 spiro atoms. The molecular weight excluding hydrogens is 212 g/mol. The summed E-state index contributed by atoms with van der Waals surface area (Å²) in [6.07, 6.45) is 3.02. The van der Waals surface area contributed by atoms with Gasteiger partial charge in [-0.3, -0.25) is 9.89 Å². The molecule has 0 amide bonds. The van der Waals surface area contributed by atoms with Gasteiger partial charge in [0.1, 0.15) is 0 Å². The third kappa shape index (κ3) is 1.54. The van der Waals surface area contributed by atoms with Crippen molar-refractivity contribution in [2.45, 2.75) is 33.1 Å². The standard InChI is InChI=1S/C14H16N2O/c1-9-6-7-13(10(2)8-9)16-14(17)11-4-3-5-12(11)15-16/h6-8,15H,3-5H2,1-2H3. The van der Waals surface area contributed by atoms with Gasteiger partial charge >= 0.3 is 0 Å². The highest BCUT2D eigenvalue weighted by atomic mass is 16.1. The van der Waals surface area contributed by atoms with Crippen molar-refractivity contribution in [3.05, 3.63) is 50.9 Å². The van der Waals surface area contributed by atoms with Crippen LogP contribution in [-0.2, 0) is 12.8 Å². The van der Waals surface area contributed by atoms with Crippen LogP contribution in [0.5, 0.6) is 0 Å². The van der Waals surface area contributed by atoms with Crippen LogP contribution in [-0.4, -0.2) is 9.78 Å². The van der Waals surface area contributed by atoms with Crippen LogP contribution in [0.15, 0.2) is 23.0 Å². The first-order chi connectivity index (χ1) is 8.16. The molecule has 1 aromatic heterocycles. The number of hydrogen-bond donors (Lipinski definition) is 1. The van der Waals surface area contributed by atoms with Crippen molar-refractivity contribution in [1.82, 2.24) is 9.78 Å². The van der Waals surface area contributed by atoms with E-state index in [2.05, 4.69) is 18.1 Å². The molecule has 3 nitrogen and oxygen atoms in total. The molecule has 0 saturated heterocycles. The molecule has 3 rings (SSSR count). The van der Waals surface area contributed by atoms with E-state index >= 15 is 0 Å². The zero-order chi connectivity index (χ0) is 12.0. The lowest BCUT2D eigenvalue weighted by Crippen LogP contribution is -2.18. The third-order valence-electron chi connectivity index (χ3n) is 3.52. The van der Waals surface area contributed by atoms with Gasteiger partial charge in [-0.2, -0.15) is 0 Å². The lowest BCUT2D eigenvalue weighted by atomic mass is 10.1. The average Bonchev–Trinajstić information content (AvgIpc) is 2.83. The quantitative estimate of drug-likeness (QED) is 0.798. The van der Waals surface area contributed by atoms with Gasteiger partial charge in [-0.15, -0.1) is 0 Å². The third-order valence-corrected chi connectivity index (χ3v) is 3.52. The number of aromatic nitrogens is 2. The second kappa shape index (κ2) is 3.62. The maximum Gasteiger partial charge on any atom is 0.274 e. The molecule has 88 valence electrons. The fourth-order valence-corrected chi connectivity index (χ4v) is 2.65. The summed E-state index contributed by atoms with van der Waals surface area (Å²) in [5.41, 5.74) is 5.55. The Labute approximate surface area is 100 Å². The first kappa shape index (κ1) is 10.4. The van der Waals surface area contributed by atoms with Crippen LogP contribution in [0.4, 0.5) is 0 Å². The highest BCUT2D eigenvalue weighted by Gasteiger charge is 2.20. The summed E-state index contributed by atoms with van der Waals surface area (Å²) in [6, 6.07) is 6.16. The first-order valence-electron chi connectivity index (χ1n) is 6.07. The first-order valence-corrected chi connectivity index (χ1v) is 6.07. The SMILES string of the molecule is Cc1ccc(-n2[nH]c3c(c2=O)CCC3)c(C)c1. The number of aryl methyl sites for hydroxylation is 3. The molecular formula is C14H16N2O. The second-order valence-corrected chi connectivity index (χ2v) is 4.85. The molecule has 3 heteroatoms. The van der Waals surface area contributed by atoms with Gasteiger partial charge < -0.3 is 0 Å². The Morgan fingerprint density at radius 1 is 1.24 bits per heavy atom. The van der Waals surface area contributed by atoms with Crippen LogP contribution in [0.3, 0.4) is 0 Å². The van der Waals surface area contributed by atoms with Crippen LogP contribution in [0.1, 0.15) is 28.8 Å². The molecule has 0 unspecified atom stereocenters. The molecule has 1 aromatic carbocycles. The smallest absolute Gasteiger partial charge is 0.274 e. The van der Waals surface area contributed by atoms with Crippen molar-refractivity contribution in [2.24, 2.45) is 0 Å². The van der Waals surface area contributed by atoms with E-state index in [1.165, 1.54) is 5.56 Å². The maximum absolute atomic E-state index is 12.2. The Morgan fingerprint density at radius 2 is 2.06 bits per heavy atom. The fourth-order valence-electron chi connectivity index (χ4n) is 2.65. The minimum Gasteiger partial charge on any atom is -0.295 e. The van der Waals surface area contributed by atoms with E-state index in [4.69, 9.17) is 0 Å². The normalized spacial score (nSPS) is 14.0. The van der Waals surface area contributed by atoms with Crippen LogP contribution >= 0.6 is 0 Å². The van der Waals surface area contributed by atoms with Gasteiger partial charge in [-0.25, -0.2) is 4.68 Å². The summed E-state index contributed by atoms with van der Waals surface area (Å²) >= 11 is 0. The number of nitrogens with zero attached hydrogens (tertiary/aromatic N) is 1. The summed E-state index contributed by atoms with van der Waals surface area (Å²) in [7, 11) is 0. The molecule has 1 heterocycles. The van der Waals surface area contributed by atoms with E-state index in [9.17, 15) is 4.79 Å². The highest BCUT2D eigenvalue weighted by Crippen LogP contribution is 2.19. The van der Waals surface area contributed by atoms with Gasteiger partial charge in [0.05, 0.1) is 5.69 Å². The van der Waals surface area contributed by atoms with Crippen molar-refractivity contribution in [2.75, 3.05) is 0 Å². The lowest BCUT2D eigenvalue weighted by Gasteiger charge is -2.07. The van der Waals surface area contributed by atoms with Crippen molar-refractivity contribution in [1.29, 1.82) is 0 Å². The zero-order valence-corrected chi connectivity index (χ0v) is 10.2. The monoisotopic (exact) mass is 228 g/mol. The molecule has 1 aliphatic rings. The van der Waals surface area contributed by atoms with Crippen LogP contribution in [0.2, 0.25) is 0 Å². The van der Waals surface area contributed by atoms with E-state index in [0.717, 1.165) is 41.8 Å². The van der Waals surface area contributed by atoms with Crippen LogP contribution in [0.25, 0.3) is 5.69 Å². The van der Waals surface area contributed by atoms with E-state index < -0.39 is 0 Å². The molecule has 0 atom stereocenters. The maximum atomic E-state index is 12.2. The predicted octanol–water partition coefficient (Wildman–Crippen LogP) is 2.27. The van der Waals surface area contributed by atoms with E-state index in [-0.39, 0.29) is 5.56 Å². The fraction of sp³-hybridized carbons (Fsp3) is 0.357. The number of fused-ring (bicyclic) bond motifs is 1. The van der Waals surface area contributed by atoms with E-state index in [1.54, 1.807) is 4.68 Å². The van der Waals surface area contributed by atoms with Gasteiger partial charge in [-0.05, 0) is 44.7 Å². The summed E-state index contributed by atoms with van der Waals surface area (Å²) in [5.74, 6) is 0.